The smallest absolute Gasteiger partial charge is 0.269 e. The van der Waals surface area contributed by atoms with Crippen molar-refractivity contribution in [3.05, 3.63) is 17.5 Å². The lowest BCUT2D eigenvalue weighted by molar-refractivity contribution is -0.137. The number of hydrogen-bond acceptors (Lipinski definition) is 4. The van der Waals surface area contributed by atoms with Gasteiger partial charge in [0.2, 0.25) is 0 Å². The molecule has 2 heterocycles. The van der Waals surface area contributed by atoms with Gasteiger partial charge in [0.05, 0.1) is 12.3 Å². The Kier molecular flexibility index (Phi) is 3.41. The zero-order valence-electron chi connectivity index (χ0n) is 11.2. The van der Waals surface area contributed by atoms with E-state index in [9.17, 15) is 4.79 Å². The first-order valence-electron chi connectivity index (χ1n) is 5.98. The van der Waals surface area contributed by atoms with Gasteiger partial charge >= 0.3 is 0 Å². The Labute approximate surface area is 106 Å². The molecule has 1 aromatic rings. The third kappa shape index (κ3) is 2.88. The summed E-state index contributed by atoms with van der Waals surface area (Å²) in [5.74, 6) is -0.704. The van der Waals surface area contributed by atoms with Crippen LogP contribution in [0.4, 0.5) is 0 Å². The highest BCUT2D eigenvalue weighted by Crippen LogP contribution is 2.21. The number of nitrogens with zero attached hydrogens (tertiary/aromatic N) is 2. The number of carbonyl (C=O) groups excluding carboxylic acids is 1. The fraction of sp³-hybridized carbons (Fsp3) is 0.667. The summed E-state index contributed by atoms with van der Waals surface area (Å²) in [5.41, 5.74) is 1.37. The Morgan fingerprint density at radius 3 is 2.89 bits per heavy atom. The summed E-state index contributed by atoms with van der Waals surface area (Å²) in [6.45, 7) is 6.51. The SMILES string of the molecule is Cc1cc(C(=O)NCC2COC(C)(C)O2)n(C)n1. The lowest BCUT2D eigenvalue weighted by Gasteiger charge is -2.17. The van der Waals surface area contributed by atoms with Gasteiger partial charge in [-0.2, -0.15) is 5.10 Å². The Hall–Kier alpha value is -1.40. The van der Waals surface area contributed by atoms with Gasteiger partial charge in [-0.05, 0) is 26.8 Å². The minimum absolute atomic E-state index is 0.0988. The highest BCUT2D eigenvalue weighted by Gasteiger charge is 2.32. The normalized spacial score (nSPS) is 22.1. The van der Waals surface area contributed by atoms with Crippen LogP contribution in [0, 0.1) is 6.92 Å². The van der Waals surface area contributed by atoms with Crippen LogP contribution in [0.3, 0.4) is 0 Å². The van der Waals surface area contributed by atoms with E-state index in [4.69, 9.17) is 9.47 Å². The van der Waals surface area contributed by atoms with Crippen molar-refractivity contribution in [3.8, 4) is 0 Å². The van der Waals surface area contributed by atoms with E-state index >= 15 is 0 Å². The molecule has 2 rings (SSSR count). The second-order valence-electron chi connectivity index (χ2n) is 4.96. The fourth-order valence-electron chi connectivity index (χ4n) is 1.98. The van der Waals surface area contributed by atoms with Crippen molar-refractivity contribution in [2.24, 2.45) is 7.05 Å². The van der Waals surface area contributed by atoms with Crippen LogP contribution in [-0.2, 0) is 16.5 Å². The maximum Gasteiger partial charge on any atom is 0.269 e. The van der Waals surface area contributed by atoms with E-state index in [1.165, 1.54) is 0 Å². The van der Waals surface area contributed by atoms with Gasteiger partial charge < -0.3 is 14.8 Å². The lowest BCUT2D eigenvalue weighted by atomic mass is 10.3. The van der Waals surface area contributed by atoms with Crippen molar-refractivity contribution in [1.29, 1.82) is 0 Å². The van der Waals surface area contributed by atoms with Gasteiger partial charge in [0, 0.05) is 13.6 Å². The molecule has 0 aromatic carbocycles. The zero-order chi connectivity index (χ0) is 13.3. The number of amides is 1. The molecule has 1 saturated heterocycles. The molecule has 1 unspecified atom stereocenters. The standard InChI is InChI=1S/C12H19N3O3/c1-8-5-10(15(4)14-8)11(16)13-6-9-7-17-12(2,3)18-9/h5,9H,6-7H2,1-4H3,(H,13,16). The number of nitrogens with one attached hydrogen (secondary N) is 1. The second kappa shape index (κ2) is 4.70. The first-order chi connectivity index (χ1) is 8.37. The summed E-state index contributed by atoms with van der Waals surface area (Å²) < 4.78 is 12.6. The minimum atomic E-state index is -0.557. The number of carbonyl (C=O) groups is 1. The Balaban J connectivity index is 1.88. The van der Waals surface area contributed by atoms with Crippen molar-refractivity contribution in [1.82, 2.24) is 15.1 Å². The molecule has 1 aliphatic rings. The van der Waals surface area contributed by atoms with Gasteiger partial charge in [-0.1, -0.05) is 0 Å². The van der Waals surface area contributed by atoms with Crippen LogP contribution in [-0.4, -0.2) is 40.7 Å². The van der Waals surface area contributed by atoms with Crippen LogP contribution in [0.2, 0.25) is 0 Å². The van der Waals surface area contributed by atoms with E-state index in [2.05, 4.69) is 10.4 Å². The molecule has 18 heavy (non-hydrogen) atoms. The van der Waals surface area contributed by atoms with Crippen LogP contribution in [0.15, 0.2) is 6.07 Å². The maximum atomic E-state index is 11.9. The summed E-state index contributed by atoms with van der Waals surface area (Å²) >= 11 is 0. The first-order valence-corrected chi connectivity index (χ1v) is 5.98. The van der Waals surface area contributed by atoms with Crippen LogP contribution in [0.5, 0.6) is 0 Å². The number of ether oxygens (including phenoxy) is 2. The molecule has 0 bridgehead atoms. The number of aryl methyl sites for hydroxylation is 2. The van der Waals surface area contributed by atoms with E-state index < -0.39 is 5.79 Å². The van der Waals surface area contributed by atoms with E-state index in [1.807, 2.05) is 20.8 Å². The maximum absolute atomic E-state index is 11.9. The van der Waals surface area contributed by atoms with E-state index in [0.29, 0.717) is 18.8 Å². The molecular formula is C12H19N3O3. The highest BCUT2D eigenvalue weighted by molar-refractivity contribution is 5.92. The van der Waals surface area contributed by atoms with Crippen LogP contribution in [0.25, 0.3) is 0 Å². The fourth-order valence-corrected chi connectivity index (χ4v) is 1.98. The molecule has 0 saturated carbocycles. The zero-order valence-corrected chi connectivity index (χ0v) is 11.2. The van der Waals surface area contributed by atoms with Gasteiger partial charge in [-0.25, -0.2) is 0 Å². The predicted molar refractivity (Wildman–Crippen MR) is 65.2 cm³/mol. The van der Waals surface area contributed by atoms with Crippen LogP contribution >= 0.6 is 0 Å². The quantitative estimate of drug-likeness (QED) is 0.857. The van der Waals surface area contributed by atoms with E-state index in [0.717, 1.165) is 5.69 Å². The van der Waals surface area contributed by atoms with Crippen molar-refractivity contribution in [3.63, 3.8) is 0 Å². The van der Waals surface area contributed by atoms with Gasteiger partial charge in [0.25, 0.3) is 5.91 Å². The molecule has 6 nitrogen and oxygen atoms in total. The summed E-state index contributed by atoms with van der Waals surface area (Å²) in [5, 5.41) is 6.96. The third-order valence-electron chi connectivity index (χ3n) is 2.79. The average molecular weight is 253 g/mol. The molecule has 0 spiro atoms. The molecule has 1 N–H and O–H groups in total. The Bertz CT molecular complexity index is 453. The van der Waals surface area contributed by atoms with Gasteiger partial charge in [0.15, 0.2) is 5.79 Å². The molecule has 1 aliphatic heterocycles. The largest absolute Gasteiger partial charge is 0.348 e. The Morgan fingerprint density at radius 2 is 2.39 bits per heavy atom. The van der Waals surface area contributed by atoms with Gasteiger partial charge in [-0.3, -0.25) is 9.48 Å². The van der Waals surface area contributed by atoms with Gasteiger partial charge in [-0.15, -0.1) is 0 Å². The molecule has 1 atom stereocenters. The molecule has 1 amide bonds. The van der Waals surface area contributed by atoms with Crippen molar-refractivity contribution in [2.45, 2.75) is 32.7 Å². The third-order valence-corrected chi connectivity index (χ3v) is 2.79. The molecule has 6 heteroatoms. The highest BCUT2D eigenvalue weighted by atomic mass is 16.7. The summed E-state index contributed by atoms with van der Waals surface area (Å²) in [6.07, 6.45) is -0.0988. The number of aromatic nitrogens is 2. The molecule has 1 aromatic heterocycles. The average Bonchev–Trinajstić information content (AvgIpc) is 2.78. The van der Waals surface area contributed by atoms with Crippen LogP contribution < -0.4 is 5.32 Å². The summed E-state index contributed by atoms with van der Waals surface area (Å²) in [4.78, 5) is 11.9. The topological polar surface area (TPSA) is 65.4 Å². The number of hydrogen-bond donors (Lipinski definition) is 1. The molecular weight excluding hydrogens is 234 g/mol. The molecule has 0 radical (unpaired) electrons. The van der Waals surface area contributed by atoms with Crippen molar-refractivity contribution in [2.75, 3.05) is 13.2 Å². The molecule has 100 valence electrons. The lowest BCUT2D eigenvalue weighted by Crippen LogP contribution is -2.35. The van der Waals surface area contributed by atoms with Crippen molar-refractivity contribution >= 4 is 5.91 Å². The van der Waals surface area contributed by atoms with Crippen molar-refractivity contribution < 1.29 is 14.3 Å². The monoisotopic (exact) mass is 253 g/mol. The number of rotatable bonds is 3. The van der Waals surface area contributed by atoms with E-state index in [-0.39, 0.29) is 12.0 Å². The first kappa shape index (κ1) is 13.0. The van der Waals surface area contributed by atoms with E-state index in [1.54, 1.807) is 17.8 Å². The van der Waals surface area contributed by atoms with Crippen LogP contribution in [0.1, 0.15) is 30.0 Å². The van der Waals surface area contributed by atoms with Gasteiger partial charge in [0.1, 0.15) is 11.8 Å². The predicted octanol–water partition coefficient (Wildman–Crippen LogP) is 0.610. The summed E-state index contributed by atoms with van der Waals surface area (Å²) in [7, 11) is 1.75. The molecule has 0 aliphatic carbocycles. The summed E-state index contributed by atoms with van der Waals surface area (Å²) in [6, 6.07) is 1.76. The Morgan fingerprint density at radius 1 is 1.67 bits per heavy atom. The molecule has 1 fully saturated rings. The minimum Gasteiger partial charge on any atom is -0.348 e. The second-order valence-corrected chi connectivity index (χ2v) is 4.96.